The number of likely N-dealkylation sites (tertiary alicyclic amines) is 1. The summed E-state index contributed by atoms with van der Waals surface area (Å²) in [7, 11) is 0. The first-order valence-electron chi connectivity index (χ1n) is 8.86. The number of fused-ring (bicyclic) bond motifs is 1. The van der Waals surface area contributed by atoms with Crippen molar-refractivity contribution in [1.29, 1.82) is 0 Å². The molecule has 0 saturated carbocycles. The molecule has 0 bridgehead atoms. The summed E-state index contributed by atoms with van der Waals surface area (Å²) in [5.74, 6) is -0.676. The van der Waals surface area contributed by atoms with Crippen molar-refractivity contribution in [3.8, 4) is 0 Å². The molecule has 7 heteroatoms. The Kier molecular flexibility index (Phi) is 4.64. The van der Waals surface area contributed by atoms with Gasteiger partial charge >= 0.3 is 12.1 Å². The van der Waals surface area contributed by atoms with Crippen LogP contribution in [0.3, 0.4) is 0 Å². The quantitative estimate of drug-likeness (QED) is 0.888. The number of ether oxygens (including phenoxy) is 1. The molecule has 0 radical (unpaired) electrons. The van der Waals surface area contributed by atoms with E-state index in [2.05, 4.69) is 5.10 Å². The lowest BCUT2D eigenvalue weighted by molar-refractivity contribution is 0.0204. The van der Waals surface area contributed by atoms with Gasteiger partial charge in [0.05, 0.1) is 11.2 Å². The van der Waals surface area contributed by atoms with Gasteiger partial charge in [-0.2, -0.15) is 5.10 Å². The maximum Gasteiger partial charge on any atom is 0.410 e. The Morgan fingerprint density at radius 3 is 2.50 bits per heavy atom. The van der Waals surface area contributed by atoms with Gasteiger partial charge in [-0.05, 0) is 64.2 Å². The number of carboxylic acid groups (broad SMARTS) is 1. The third-order valence-electron chi connectivity index (χ3n) is 4.67. The summed E-state index contributed by atoms with van der Waals surface area (Å²) in [5.41, 5.74) is 1.96. The highest BCUT2D eigenvalue weighted by atomic mass is 16.6. The average molecular weight is 359 g/mol. The molecular weight excluding hydrogens is 334 g/mol. The summed E-state index contributed by atoms with van der Waals surface area (Å²) in [5, 5.41) is 13.7. The second-order valence-electron chi connectivity index (χ2n) is 7.80. The lowest BCUT2D eigenvalue weighted by atomic mass is 9.89. The molecule has 2 aromatic heterocycles. The number of aryl methyl sites for hydroxylation is 1. The number of aromatic nitrogens is 2. The van der Waals surface area contributed by atoms with Gasteiger partial charge in [0.15, 0.2) is 0 Å². The van der Waals surface area contributed by atoms with Crippen LogP contribution in [0, 0.1) is 6.92 Å². The van der Waals surface area contributed by atoms with Crippen LogP contribution < -0.4 is 0 Å². The number of hydrogen-bond donors (Lipinski definition) is 1. The van der Waals surface area contributed by atoms with Gasteiger partial charge in [-0.3, -0.25) is 0 Å². The van der Waals surface area contributed by atoms with Crippen LogP contribution in [0.4, 0.5) is 4.79 Å². The Morgan fingerprint density at radius 2 is 1.92 bits per heavy atom. The van der Waals surface area contributed by atoms with E-state index in [-0.39, 0.29) is 17.6 Å². The van der Waals surface area contributed by atoms with Crippen LogP contribution in [0.15, 0.2) is 18.3 Å². The van der Waals surface area contributed by atoms with Gasteiger partial charge in [0.1, 0.15) is 11.2 Å². The third-order valence-corrected chi connectivity index (χ3v) is 4.67. The average Bonchev–Trinajstić information content (AvgIpc) is 2.88. The number of hydrogen-bond acceptors (Lipinski definition) is 4. The molecule has 0 spiro atoms. The fourth-order valence-corrected chi connectivity index (χ4v) is 3.42. The zero-order chi connectivity index (χ0) is 19.1. The van der Waals surface area contributed by atoms with Crippen LogP contribution in [-0.2, 0) is 4.74 Å². The number of amides is 1. The van der Waals surface area contributed by atoms with E-state index in [0.29, 0.717) is 24.3 Å². The van der Waals surface area contributed by atoms with Crippen molar-refractivity contribution < 1.29 is 19.4 Å². The third kappa shape index (κ3) is 3.66. The van der Waals surface area contributed by atoms with Crippen LogP contribution in [0.1, 0.15) is 61.1 Å². The van der Waals surface area contributed by atoms with Crippen molar-refractivity contribution in [2.24, 2.45) is 0 Å². The number of carbonyl (C=O) groups excluding carboxylic acids is 1. The smallest absolute Gasteiger partial charge is 0.410 e. The first-order valence-corrected chi connectivity index (χ1v) is 8.86. The molecule has 0 aliphatic carbocycles. The minimum Gasteiger partial charge on any atom is -0.478 e. The van der Waals surface area contributed by atoms with E-state index in [0.717, 1.165) is 18.4 Å². The summed E-state index contributed by atoms with van der Waals surface area (Å²) in [6.45, 7) is 8.56. The van der Waals surface area contributed by atoms with Crippen LogP contribution in [0.25, 0.3) is 5.52 Å². The lowest BCUT2D eigenvalue weighted by Gasteiger charge is -2.33. The second-order valence-corrected chi connectivity index (χ2v) is 7.80. The number of nitrogens with zero attached hydrogens (tertiary/aromatic N) is 3. The van der Waals surface area contributed by atoms with Gasteiger partial charge in [-0.1, -0.05) is 0 Å². The summed E-state index contributed by atoms with van der Waals surface area (Å²) < 4.78 is 7.04. The fraction of sp³-hybridized carbons (Fsp3) is 0.526. The van der Waals surface area contributed by atoms with E-state index in [1.165, 1.54) is 0 Å². The van der Waals surface area contributed by atoms with Crippen molar-refractivity contribution in [2.45, 2.75) is 52.1 Å². The van der Waals surface area contributed by atoms with E-state index >= 15 is 0 Å². The van der Waals surface area contributed by atoms with Crippen molar-refractivity contribution in [1.82, 2.24) is 14.5 Å². The van der Waals surface area contributed by atoms with Crippen molar-refractivity contribution >= 4 is 17.6 Å². The summed E-state index contributed by atoms with van der Waals surface area (Å²) in [4.78, 5) is 25.4. The molecule has 0 atom stereocenters. The number of rotatable bonds is 2. The van der Waals surface area contributed by atoms with E-state index in [1.807, 2.05) is 39.1 Å². The van der Waals surface area contributed by atoms with Gasteiger partial charge < -0.3 is 14.7 Å². The van der Waals surface area contributed by atoms with Gasteiger partial charge in [0, 0.05) is 19.3 Å². The van der Waals surface area contributed by atoms with E-state index in [4.69, 9.17) is 4.74 Å². The van der Waals surface area contributed by atoms with Crippen LogP contribution in [0.5, 0.6) is 0 Å². The molecule has 26 heavy (non-hydrogen) atoms. The first kappa shape index (κ1) is 18.2. The van der Waals surface area contributed by atoms with E-state index in [1.54, 1.807) is 16.3 Å². The Balaban J connectivity index is 1.74. The van der Waals surface area contributed by atoms with Gasteiger partial charge in [0.2, 0.25) is 0 Å². The molecule has 3 heterocycles. The fourth-order valence-electron chi connectivity index (χ4n) is 3.42. The molecular formula is C19H25N3O4. The minimum absolute atomic E-state index is 0.248. The maximum atomic E-state index is 12.2. The van der Waals surface area contributed by atoms with Crippen LogP contribution >= 0.6 is 0 Å². The summed E-state index contributed by atoms with van der Waals surface area (Å²) in [6.07, 6.45) is 3.19. The Morgan fingerprint density at radius 1 is 1.27 bits per heavy atom. The molecule has 1 fully saturated rings. The maximum absolute atomic E-state index is 12.2. The highest BCUT2D eigenvalue weighted by molar-refractivity contribution is 5.97. The van der Waals surface area contributed by atoms with Crippen molar-refractivity contribution in [3.05, 3.63) is 35.2 Å². The second kappa shape index (κ2) is 6.63. The molecule has 1 saturated heterocycles. The molecule has 0 aromatic carbocycles. The first-order chi connectivity index (χ1) is 12.2. The van der Waals surface area contributed by atoms with Crippen LogP contribution in [0.2, 0.25) is 0 Å². The predicted octanol–water partition coefficient (Wildman–Crippen LogP) is 3.46. The Bertz CT molecular complexity index is 842. The number of piperidine rings is 1. The molecule has 2 aromatic rings. The lowest BCUT2D eigenvalue weighted by Crippen LogP contribution is -2.41. The monoisotopic (exact) mass is 359 g/mol. The highest BCUT2D eigenvalue weighted by Gasteiger charge is 2.28. The zero-order valence-corrected chi connectivity index (χ0v) is 15.7. The molecule has 1 aliphatic rings. The van der Waals surface area contributed by atoms with Crippen molar-refractivity contribution in [3.63, 3.8) is 0 Å². The molecule has 3 rings (SSSR count). The van der Waals surface area contributed by atoms with E-state index in [9.17, 15) is 14.7 Å². The molecule has 1 N–H and O–H groups in total. The van der Waals surface area contributed by atoms with Crippen LogP contribution in [-0.4, -0.2) is 50.4 Å². The normalized spacial score (nSPS) is 16.1. The number of carbonyl (C=O) groups is 2. The SMILES string of the molecule is Cc1nn2ccc(C3CCN(C(=O)OC(C)(C)C)CC3)cc2c1C(=O)O. The van der Waals surface area contributed by atoms with E-state index < -0.39 is 11.6 Å². The minimum atomic E-state index is -0.964. The van der Waals surface area contributed by atoms with Crippen molar-refractivity contribution in [2.75, 3.05) is 13.1 Å². The number of carboxylic acids is 1. The zero-order valence-electron chi connectivity index (χ0n) is 15.7. The number of aromatic carboxylic acids is 1. The molecule has 1 aliphatic heterocycles. The summed E-state index contributed by atoms with van der Waals surface area (Å²) in [6, 6.07) is 3.90. The summed E-state index contributed by atoms with van der Waals surface area (Å²) >= 11 is 0. The van der Waals surface area contributed by atoms with Gasteiger partial charge in [-0.25, -0.2) is 14.1 Å². The predicted molar refractivity (Wildman–Crippen MR) is 96.7 cm³/mol. The van der Waals surface area contributed by atoms with Gasteiger partial charge in [-0.15, -0.1) is 0 Å². The van der Waals surface area contributed by atoms with Gasteiger partial charge in [0.25, 0.3) is 0 Å². The Labute approximate surface area is 152 Å². The molecule has 1 amide bonds. The standard InChI is InChI=1S/C19H25N3O4/c1-12-16(17(23)24)15-11-14(7-10-22(15)20-12)13-5-8-21(9-6-13)18(25)26-19(2,3)4/h7,10-11,13H,5-6,8-9H2,1-4H3,(H,23,24). The topological polar surface area (TPSA) is 84.1 Å². The largest absolute Gasteiger partial charge is 0.478 e. The molecule has 0 unspecified atom stereocenters. The highest BCUT2D eigenvalue weighted by Crippen LogP contribution is 2.30. The Hall–Kier alpha value is -2.57. The molecule has 7 nitrogen and oxygen atoms in total. The number of pyridine rings is 1. The molecule has 140 valence electrons.